The molecule has 1 unspecified atom stereocenters. The van der Waals surface area contributed by atoms with Crippen molar-refractivity contribution in [1.82, 2.24) is 44.8 Å². The van der Waals surface area contributed by atoms with Crippen molar-refractivity contribution in [2.45, 2.75) is 182 Å². The fraction of sp³-hybridized carbons (Fsp3) is 0.540. The van der Waals surface area contributed by atoms with Gasteiger partial charge in [-0.05, 0) is 209 Å². The first-order valence-electron chi connectivity index (χ1n) is 41.2. The molecule has 6 aliphatic rings. The normalized spacial score (nSPS) is 21.0. The van der Waals surface area contributed by atoms with Crippen LogP contribution in [0.25, 0.3) is 16.0 Å². The summed E-state index contributed by atoms with van der Waals surface area (Å²) < 4.78 is 105. The predicted octanol–water partition coefficient (Wildman–Crippen LogP) is 13.5. The van der Waals surface area contributed by atoms with Crippen LogP contribution in [0.4, 0.5) is 24.5 Å². The maximum Gasteiger partial charge on any atom is 0.501 e. The Morgan fingerprint density at radius 2 is 1.44 bits per heavy atom. The molecule has 5 fully saturated rings. The Hall–Kier alpha value is -7.45. The van der Waals surface area contributed by atoms with Crippen molar-refractivity contribution in [3.8, 4) is 10.4 Å². The Bertz CT molecular complexity index is 4660. The Labute approximate surface area is 700 Å². The summed E-state index contributed by atoms with van der Waals surface area (Å²) >= 11 is 9.44. The first-order chi connectivity index (χ1) is 55.8. The number of piperazine rings is 1. The van der Waals surface area contributed by atoms with Crippen LogP contribution in [0.1, 0.15) is 158 Å². The zero-order valence-electron chi connectivity index (χ0n) is 67.9. The van der Waals surface area contributed by atoms with E-state index < -0.39 is 82.3 Å². The van der Waals surface area contributed by atoms with Crippen LogP contribution in [-0.2, 0) is 43.8 Å². The van der Waals surface area contributed by atoms with Gasteiger partial charge in [0.2, 0.25) is 23.6 Å². The minimum Gasteiger partial charge on any atom is -0.391 e. The molecule has 6 aromatic rings. The molecule has 5 amide bonds. The number of sulfonamides is 1. The van der Waals surface area contributed by atoms with Gasteiger partial charge in [-0.15, -0.1) is 23.1 Å². The molecule has 22 nitrogen and oxygen atoms in total. The second-order valence-corrected chi connectivity index (χ2v) is 39.9. The van der Waals surface area contributed by atoms with Crippen LogP contribution >= 0.6 is 34.7 Å². The predicted molar refractivity (Wildman–Crippen MR) is 454 cm³/mol. The van der Waals surface area contributed by atoms with Gasteiger partial charge < -0.3 is 50.3 Å². The van der Waals surface area contributed by atoms with Crippen LogP contribution in [0.5, 0.6) is 0 Å². The van der Waals surface area contributed by atoms with Gasteiger partial charge >= 0.3 is 5.51 Å². The molecule has 117 heavy (non-hydrogen) atoms. The largest absolute Gasteiger partial charge is 0.501 e. The number of alkyl halides is 3. The van der Waals surface area contributed by atoms with Crippen molar-refractivity contribution < 1.29 is 63.8 Å². The van der Waals surface area contributed by atoms with Crippen LogP contribution < -0.4 is 25.6 Å². The third kappa shape index (κ3) is 23.4. The van der Waals surface area contributed by atoms with Gasteiger partial charge in [0.25, 0.3) is 25.8 Å². The van der Waals surface area contributed by atoms with Crippen molar-refractivity contribution in [1.29, 1.82) is 0 Å². The summed E-state index contributed by atoms with van der Waals surface area (Å²) in [5.74, 6) is -0.551. The van der Waals surface area contributed by atoms with E-state index >= 15 is 0 Å². The summed E-state index contributed by atoms with van der Waals surface area (Å²) in [5.41, 5.74) is 2.61. The van der Waals surface area contributed by atoms with E-state index in [1.807, 2.05) is 116 Å². The van der Waals surface area contributed by atoms with Gasteiger partial charge in [0, 0.05) is 137 Å². The van der Waals surface area contributed by atoms with Crippen molar-refractivity contribution >= 4 is 101 Å². The quantitative estimate of drug-likeness (QED) is 0.0207. The zero-order valence-corrected chi connectivity index (χ0v) is 71.9. The average Bonchev–Trinajstić information content (AvgIpc) is 1.36. The molecule has 0 spiro atoms. The number of piperidine rings is 2. The lowest BCUT2D eigenvalue weighted by molar-refractivity contribution is -0.144. The fourth-order valence-electron chi connectivity index (χ4n) is 17.4. The molecule has 6 heterocycles. The van der Waals surface area contributed by atoms with Gasteiger partial charge in [-0.1, -0.05) is 99.5 Å². The highest BCUT2D eigenvalue weighted by Crippen LogP contribution is 2.46. The maximum atomic E-state index is 14.5. The molecule has 1 aromatic heterocycles. The van der Waals surface area contributed by atoms with Crippen molar-refractivity contribution in [2.75, 3.05) is 121 Å². The highest BCUT2D eigenvalue weighted by atomic mass is 35.5. The van der Waals surface area contributed by atoms with Crippen molar-refractivity contribution in [3.05, 3.63) is 160 Å². The number of sulfone groups is 1. The number of amides is 5. The second-order valence-electron chi connectivity index (χ2n) is 33.9. The lowest BCUT2D eigenvalue weighted by Gasteiger charge is -2.45. The van der Waals surface area contributed by atoms with E-state index in [9.17, 15) is 59.1 Å². The monoisotopic (exact) mass is 1710 g/mol. The van der Waals surface area contributed by atoms with Crippen molar-refractivity contribution in [3.63, 3.8) is 0 Å². The number of nitrogens with one attached hydrogen (secondary N) is 4. The van der Waals surface area contributed by atoms with Gasteiger partial charge in [0.05, 0.1) is 45.4 Å². The number of hydrogen-bond donors (Lipinski definition) is 5. The molecule has 6 atom stereocenters. The number of ether oxygens (including phenoxy) is 1. The van der Waals surface area contributed by atoms with Crippen LogP contribution in [0.2, 0.25) is 5.02 Å². The van der Waals surface area contributed by atoms with Gasteiger partial charge in [-0.2, -0.15) is 13.2 Å². The highest BCUT2D eigenvalue weighted by molar-refractivity contribution is 7.99. The van der Waals surface area contributed by atoms with Gasteiger partial charge in [-0.25, -0.2) is 26.5 Å². The molecule has 634 valence electrons. The first-order valence-corrected chi connectivity index (χ1v) is 46.4. The molecular weight excluding hydrogens is 1600 g/mol. The number of β-amino-alcohol motifs (C(OH)–C–C–N with tert-alkyl or cyclic N) is 1. The molecule has 0 radical (unpaired) electrons. The van der Waals surface area contributed by atoms with Gasteiger partial charge in [-0.3, -0.25) is 28.9 Å². The van der Waals surface area contributed by atoms with E-state index in [2.05, 4.69) is 59.6 Å². The van der Waals surface area contributed by atoms with Crippen molar-refractivity contribution in [2.24, 2.45) is 22.7 Å². The number of carbonyl (C=O) groups is 5. The molecule has 5 aliphatic heterocycles. The number of allylic oxidation sites excluding steroid dienone is 1. The number of unbranched alkanes of at least 4 members (excludes halogenated alkanes) is 1. The van der Waals surface area contributed by atoms with E-state index in [0.717, 1.165) is 155 Å². The molecular formula is C87H113ClF3N11O11S4. The summed E-state index contributed by atoms with van der Waals surface area (Å²) in [6.07, 6.45) is 9.02. The van der Waals surface area contributed by atoms with Gasteiger partial charge in [0.15, 0.2) is 0 Å². The van der Waals surface area contributed by atoms with E-state index in [1.54, 1.807) is 23.5 Å². The minimum atomic E-state index is -6.11. The smallest absolute Gasteiger partial charge is 0.391 e. The molecule has 5 N–H and O–H groups in total. The van der Waals surface area contributed by atoms with Crippen LogP contribution in [0.3, 0.4) is 0 Å². The van der Waals surface area contributed by atoms with Crippen LogP contribution in [-0.4, -0.2) is 221 Å². The number of aromatic nitrogens is 1. The summed E-state index contributed by atoms with van der Waals surface area (Å²) in [5, 5.41) is 20.5. The number of aryl methyl sites for hydroxylation is 1. The number of nitrogens with zero attached hydrogens (tertiary/aromatic N) is 7. The zero-order chi connectivity index (χ0) is 83.4. The number of carbonyl (C=O) groups excluding carboxylic acids is 5. The Balaban J connectivity index is 0.579. The number of benzene rings is 5. The van der Waals surface area contributed by atoms with Crippen LogP contribution in [0.15, 0.2) is 147 Å². The first kappa shape index (κ1) is 88.8. The lowest BCUT2D eigenvalue weighted by atomic mass is 9.70. The number of anilines is 2. The average molecular weight is 1710 g/mol. The third-order valence-corrected chi connectivity index (χ3v) is 29.4. The summed E-state index contributed by atoms with van der Waals surface area (Å²) in [6, 6.07) is 31.6. The number of hydrogen-bond acceptors (Lipinski definition) is 19. The molecule has 0 saturated carbocycles. The number of rotatable bonds is 30. The SMILES string of the molecule is Cc1ncsc1-c1ccc([C@H](C)NC(=O)[C@@H]2C[C@@H](O)CN2C(=O)[C@@H](NC(=O)CCCCC(=O)N2CCC(C3CCN(CC4(C)CCC(c5ccc(Cl)cc5)=C(CN5CCN(c6ccc(C(=O)NS(=O)(=O)c7ccc(N[C@H](CCN8CCCOCC8)CSc8ccccc8)c(S(=O)(=O)C(F)(F)F)c7)cc6)CC5)C4)CC3)CC2)C(C)(C)C)cc1. The second kappa shape index (κ2) is 39.4. The number of likely N-dealkylation sites (tertiary alicyclic amines) is 3. The summed E-state index contributed by atoms with van der Waals surface area (Å²) in [7, 11) is -11.0. The molecule has 5 aromatic carbocycles. The highest BCUT2D eigenvalue weighted by Gasteiger charge is 2.49. The molecule has 30 heteroatoms. The topological polar surface area (TPSA) is 264 Å². The third-order valence-electron chi connectivity index (χ3n) is 24.2. The minimum absolute atomic E-state index is 0.0247. The number of thiazole rings is 1. The number of thioether (sulfide) groups is 1. The molecule has 0 bridgehead atoms. The maximum absolute atomic E-state index is 14.5. The van der Waals surface area contributed by atoms with Crippen LogP contribution in [0, 0.1) is 29.6 Å². The fourth-order valence-corrected chi connectivity index (χ4v) is 21.4. The van der Waals surface area contributed by atoms with Gasteiger partial charge in [0.1, 0.15) is 17.0 Å². The Kier molecular flexibility index (Phi) is 29.9. The Morgan fingerprint density at radius 1 is 0.769 bits per heavy atom. The van der Waals surface area contributed by atoms with E-state index in [0.29, 0.717) is 93.8 Å². The van der Waals surface area contributed by atoms with E-state index in [4.69, 9.17) is 16.3 Å². The Morgan fingerprint density at radius 3 is 2.11 bits per heavy atom. The summed E-state index contributed by atoms with van der Waals surface area (Å²) in [6.45, 7) is 23.1. The number of halogens is 4. The van der Waals surface area contributed by atoms with E-state index in [1.165, 1.54) is 45.5 Å². The molecule has 1 aliphatic carbocycles. The lowest BCUT2D eigenvalue weighted by Crippen LogP contribution is -2.57. The summed E-state index contributed by atoms with van der Waals surface area (Å²) in [4.78, 5) is 86.3. The molecule has 5 saturated heterocycles. The number of aliphatic hydroxyl groups excluding tert-OH is 1. The number of aliphatic hydroxyl groups is 1. The standard InChI is InChI=1S/C87H113ClF3N11O11S4/c1-59(61-17-19-65(20-18-61)80-60(2)92-58-115-80)93-83(107)76-51-71(103)55-102(76)84(108)81(85(3,4)5)95-78(104)15-10-11-16-79(105)101-42-34-63(35-43-101)62-32-39-99(40-33-62)57-86(6)37-31-74(64-21-25-68(88)26-22-64)67(53-86)54-98-44-46-100(47-45-98)70-27-23-66(24-28-70)82(106)96-117(111,112)73-29-30-75(77(52-73)116(109,110)87(89,90)91)94-69(56-114-72-13-8-7-9-14-72)36-41-97-38-12-49-113-50-48-97/h7-9,13-14,17-30,52,58-59,62-63,69,71,76,81,94,103H,10-12,15-16,31-51,53-57H2,1-6H3,(H,93,107)(H,95,104)(H,96,106)/t59-,69+,71+,76-,81+,86?/m0/s1. The van der Waals surface area contributed by atoms with E-state index in [-0.39, 0.29) is 54.1 Å². The molecule has 12 rings (SSSR count).